The Labute approximate surface area is 92.1 Å². The molecule has 0 bridgehead atoms. The van der Waals surface area contributed by atoms with Gasteiger partial charge in [0.2, 0.25) is 0 Å². The first kappa shape index (κ1) is 11.0. The standard InChI is InChI=1S/C11H12F2N2O/c12-11(13)4-2-6-15(8-11)10-9(7-16)3-1-5-14-10/h1,3,5,7H,2,4,6,8H2. The average Bonchev–Trinajstić information content (AvgIpc) is 2.27. The summed E-state index contributed by atoms with van der Waals surface area (Å²) in [6.45, 7) is 0.165. The smallest absolute Gasteiger partial charge is 0.265 e. The molecule has 5 heteroatoms. The van der Waals surface area contributed by atoms with Gasteiger partial charge in [-0.05, 0) is 18.6 Å². The maximum absolute atomic E-state index is 13.2. The van der Waals surface area contributed by atoms with Crippen LogP contribution in [0.2, 0.25) is 0 Å². The van der Waals surface area contributed by atoms with E-state index >= 15 is 0 Å². The summed E-state index contributed by atoms with van der Waals surface area (Å²) in [4.78, 5) is 16.3. The molecule has 16 heavy (non-hydrogen) atoms. The van der Waals surface area contributed by atoms with Gasteiger partial charge < -0.3 is 4.90 Å². The summed E-state index contributed by atoms with van der Waals surface area (Å²) in [7, 11) is 0. The molecule has 86 valence electrons. The lowest BCUT2D eigenvalue weighted by Crippen LogP contribution is -2.43. The minimum atomic E-state index is -2.68. The maximum atomic E-state index is 13.2. The van der Waals surface area contributed by atoms with E-state index in [0.29, 0.717) is 30.6 Å². The van der Waals surface area contributed by atoms with Crippen molar-refractivity contribution in [2.24, 2.45) is 0 Å². The van der Waals surface area contributed by atoms with Crippen molar-refractivity contribution in [2.75, 3.05) is 18.0 Å². The van der Waals surface area contributed by atoms with E-state index in [2.05, 4.69) is 4.98 Å². The first-order valence-corrected chi connectivity index (χ1v) is 5.15. The monoisotopic (exact) mass is 226 g/mol. The summed E-state index contributed by atoms with van der Waals surface area (Å²) in [5, 5.41) is 0. The normalized spacial score (nSPS) is 19.5. The number of hydrogen-bond acceptors (Lipinski definition) is 3. The Balaban J connectivity index is 2.26. The quantitative estimate of drug-likeness (QED) is 0.724. The number of anilines is 1. The first-order chi connectivity index (χ1) is 7.62. The number of hydrogen-bond donors (Lipinski definition) is 0. The SMILES string of the molecule is O=Cc1cccnc1N1CCCC(F)(F)C1. The van der Waals surface area contributed by atoms with E-state index in [1.54, 1.807) is 12.1 Å². The van der Waals surface area contributed by atoms with Crippen molar-refractivity contribution < 1.29 is 13.6 Å². The van der Waals surface area contributed by atoms with Gasteiger partial charge in [-0.3, -0.25) is 4.79 Å². The fourth-order valence-electron chi connectivity index (χ4n) is 1.91. The lowest BCUT2D eigenvalue weighted by Gasteiger charge is -2.33. The number of carbonyl (C=O) groups excluding carboxylic acids is 1. The zero-order chi connectivity index (χ0) is 11.6. The molecule has 3 nitrogen and oxygen atoms in total. The number of pyridine rings is 1. The maximum Gasteiger partial charge on any atom is 0.265 e. The summed E-state index contributed by atoms with van der Waals surface area (Å²) in [5.74, 6) is -2.33. The number of rotatable bonds is 2. The van der Waals surface area contributed by atoms with E-state index in [4.69, 9.17) is 0 Å². The van der Waals surface area contributed by atoms with E-state index < -0.39 is 5.92 Å². The highest BCUT2D eigenvalue weighted by Crippen LogP contribution is 2.29. The molecular weight excluding hydrogens is 214 g/mol. The second-order valence-electron chi connectivity index (χ2n) is 3.92. The fraction of sp³-hybridized carbons (Fsp3) is 0.455. The molecule has 2 heterocycles. The molecule has 1 aliphatic heterocycles. The summed E-state index contributed by atoms with van der Waals surface area (Å²) in [5.41, 5.74) is 0.361. The molecule has 2 rings (SSSR count). The van der Waals surface area contributed by atoms with Crippen LogP contribution in [0.25, 0.3) is 0 Å². The zero-order valence-corrected chi connectivity index (χ0v) is 8.70. The van der Waals surface area contributed by atoms with Crippen LogP contribution in [0.15, 0.2) is 18.3 Å². The van der Waals surface area contributed by atoms with Crippen molar-refractivity contribution in [2.45, 2.75) is 18.8 Å². The molecule has 1 aromatic rings. The van der Waals surface area contributed by atoms with Crippen molar-refractivity contribution in [3.05, 3.63) is 23.9 Å². The van der Waals surface area contributed by atoms with Crippen LogP contribution in [-0.4, -0.2) is 30.3 Å². The number of halogens is 2. The zero-order valence-electron chi connectivity index (χ0n) is 8.70. The lowest BCUT2D eigenvalue weighted by molar-refractivity contribution is -0.0119. The molecule has 0 spiro atoms. The topological polar surface area (TPSA) is 33.2 Å². The second kappa shape index (κ2) is 4.15. The van der Waals surface area contributed by atoms with Gasteiger partial charge in [0.15, 0.2) is 6.29 Å². The van der Waals surface area contributed by atoms with Crippen LogP contribution in [0.5, 0.6) is 0 Å². The molecule has 0 saturated carbocycles. The summed E-state index contributed by atoms with van der Waals surface area (Å²) >= 11 is 0. The van der Waals surface area contributed by atoms with Crippen LogP contribution in [0.4, 0.5) is 14.6 Å². The van der Waals surface area contributed by atoms with Crippen LogP contribution in [0.1, 0.15) is 23.2 Å². The third-order valence-corrected chi connectivity index (χ3v) is 2.64. The van der Waals surface area contributed by atoms with Crippen molar-refractivity contribution in [3.63, 3.8) is 0 Å². The minimum absolute atomic E-state index is 0.0905. The minimum Gasteiger partial charge on any atom is -0.350 e. The van der Waals surface area contributed by atoms with Gasteiger partial charge in [0, 0.05) is 19.2 Å². The van der Waals surface area contributed by atoms with Crippen molar-refractivity contribution in [1.29, 1.82) is 0 Å². The van der Waals surface area contributed by atoms with Crippen molar-refractivity contribution in [3.8, 4) is 0 Å². The predicted molar refractivity (Wildman–Crippen MR) is 56.0 cm³/mol. The molecule has 1 aromatic heterocycles. The lowest BCUT2D eigenvalue weighted by atomic mass is 10.1. The van der Waals surface area contributed by atoms with Crippen LogP contribution in [-0.2, 0) is 0 Å². The van der Waals surface area contributed by atoms with E-state index in [1.165, 1.54) is 11.1 Å². The molecule has 0 radical (unpaired) electrons. The number of aldehydes is 1. The molecule has 0 N–H and O–H groups in total. The highest BCUT2D eigenvalue weighted by molar-refractivity contribution is 5.82. The molecule has 0 aromatic carbocycles. The van der Waals surface area contributed by atoms with Crippen molar-refractivity contribution >= 4 is 12.1 Å². The Bertz CT molecular complexity index is 395. The molecule has 0 unspecified atom stereocenters. The van der Waals surface area contributed by atoms with Gasteiger partial charge in [0.05, 0.1) is 12.1 Å². The Morgan fingerprint density at radius 2 is 2.31 bits per heavy atom. The van der Waals surface area contributed by atoms with E-state index in [-0.39, 0.29) is 13.0 Å². The highest BCUT2D eigenvalue weighted by atomic mass is 19.3. The molecule has 0 atom stereocenters. The third kappa shape index (κ3) is 2.18. The Hall–Kier alpha value is -1.52. The van der Waals surface area contributed by atoms with Gasteiger partial charge in [-0.25, -0.2) is 13.8 Å². The number of alkyl halides is 2. The molecule has 1 fully saturated rings. The van der Waals surface area contributed by atoms with Gasteiger partial charge in [-0.1, -0.05) is 0 Å². The van der Waals surface area contributed by atoms with Gasteiger partial charge in [-0.15, -0.1) is 0 Å². The molecule has 0 aliphatic carbocycles. The second-order valence-corrected chi connectivity index (χ2v) is 3.92. The van der Waals surface area contributed by atoms with Crippen LogP contribution < -0.4 is 4.90 Å². The Kier molecular flexibility index (Phi) is 2.85. The van der Waals surface area contributed by atoms with Crippen molar-refractivity contribution in [1.82, 2.24) is 4.98 Å². The van der Waals surface area contributed by atoms with E-state index in [0.717, 1.165) is 0 Å². The highest BCUT2D eigenvalue weighted by Gasteiger charge is 2.36. The third-order valence-electron chi connectivity index (χ3n) is 2.64. The Morgan fingerprint density at radius 3 is 3.00 bits per heavy atom. The van der Waals surface area contributed by atoms with E-state index in [9.17, 15) is 13.6 Å². The summed E-state index contributed by atoms with van der Waals surface area (Å²) in [6, 6.07) is 3.21. The van der Waals surface area contributed by atoms with Crippen LogP contribution in [0, 0.1) is 0 Å². The van der Waals surface area contributed by atoms with Crippen LogP contribution in [0.3, 0.4) is 0 Å². The van der Waals surface area contributed by atoms with E-state index in [1.807, 2.05) is 0 Å². The molecular formula is C11H12F2N2O. The summed E-state index contributed by atoms with van der Waals surface area (Å²) in [6.07, 6.45) is 2.48. The number of carbonyl (C=O) groups is 1. The van der Waals surface area contributed by atoms with Gasteiger partial charge >= 0.3 is 0 Å². The number of nitrogens with zero attached hydrogens (tertiary/aromatic N) is 2. The predicted octanol–water partition coefficient (Wildman–Crippen LogP) is 2.13. The summed E-state index contributed by atoms with van der Waals surface area (Å²) < 4.78 is 26.4. The number of aromatic nitrogens is 1. The largest absolute Gasteiger partial charge is 0.350 e. The van der Waals surface area contributed by atoms with Gasteiger partial charge in [0.1, 0.15) is 5.82 Å². The molecule has 1 saturated heterocycles. The van der Waals surface area contributed by atoms with Crippen LogP contribution >= 0.6 is 0 Å². The average molecular weight is 226 g/mol. The molecule has 0 amide bonds. The molecule has 1 aliphatic rings. The number of piperidine rings is 1. The van der Waals surface area contributed by atoms with Gasteiger partial charge in [-0.2, -0.15) is 0 Å². The first-order valence-electron chi connectivity index (χ1n) is 5.15. The van der Waals surface area contributed by atoms with Gasteiger partial charge in [0.25, 0.3) is 5.92 Å². The fourth-order valence-corrected chi connectivity index (χ4v) is 1.91. The Morgan fingerprint density at radius 1 is 1.50 bits per heavy atom.